The molecule has 1 amide bonds. The lowest BCUT2D eigenvalue weighted by molar-refractivity contribution is 0.102. The summed E-state index contributed by atoms with van der Waals surface area (Å²) < 4.78 is 11.5. The van der Waals surface area contributed by atoms with Crippen LogP contribution in [0.3, 0.4) is 0 Å². The highest BCUT2D eigenvalue weighted by Crippen LogP contribution is 2.35. The monoisotopic (exact) mass is 563 g/mol. The van der Waals surface area contributed by atoms with Gasteiger partial charge in [0.15, 0.2) is 5.13 Å². The van der Waals surface area contributed by atoms with Crippen molar-refractivity contribution in [3.05, 3.63) is 98.3 Å². The van der Waals surface area contributed by atoms with Crippen LogP contribution in [0, 0.1) is 6.92 Å². The minimum Gasteiger partial charge on any atom is -0.497 e. The fraction of sp³-hybridized carbons (Fsp3) is 0.138. The Kier molecular flexibility index (Phi) is 7.51. The molecule has 2 heterocycles. The SMILES string of the molecule is CCc1sc(NC(=O)c2cc3cc(OC)ccc3oc2=Nc2cccc(C)c2)nc1-c1ccc(Cl)c(Cl)c1. The number of hydrogen-bond donors (Lipinski definition) is 1. The van der Waals surface area contributed by atoms with Gasteiger partial charge in [0.1, 0.15) is 16.9 Å². The lowest BCUT2D eigenvalue weighted by Crippen LogP contribution is -2.21. The zero-order valence-electron chi connectivity index (χ0n) is 20.8. The van der Waals surface area contributed by atoms with Crippen LogP contribution in [-0.4, -0.2) is 18.0 Å². The fourth-order valence-electron chi connectivity index (χ4n) is 3.97. The first-order valence-corrected chi connectivity index (χ1v) is 13.4. The Balaban J connectivity index is 1.58. The van der Waals surface area contributed by atoms with Crippen LogP contribution in [0.5, 0.6) is 5.75 Å². The summed E-state index contributed by atoms with van der Waals surface area (Å²) in [7, 11) is 1.59. The number of methoxy groups -OCH3 is 1. The highest BCUT2D eigenvalue weighted by molar-refractivity contribution is 7.16. The number of nitrogens with one attached hydrogen (secondary N) is 1. The number of ether oxygens (including phenoxy) is 1. The highest BCUT2D eigenvalue weighted by Gasteiger charge is 2.18. The zero-order chi connectivity index (χ0) is 26.8. The number of hydrogen-bond acceptors (Lipinski definition) is 6. The second-order valence-corrected chi connectivity index (χ2v) is 10.4. The molecule has 192 valence electrons. The van der Waals surface area contributed by atoms with Gasteiger partial charge in [-0.1, -0.05) is 48.3 Å². The van der Waals surface area contributed by atoms with Gasteiger partial charge in [-0.05, 0) is 67.4 Å². The Morgan fingerprint density at radius 2 is 1.92 bits per heavy atom. The fourth-order valence-corrected chi connectivity index (χ4v) is 5.19. The van der Waals surface area contributed by atoms with Crippen LogP contribution in [0.25, 0.3) is 22.2 Å². The number of anilines is 1. The van der Waals surface area contributed by atoms with Crippen molar-refractivity contribution in [2.45, 2.75) is 20.3 Å². The molecular weight excluding hydrogens is 541 g/mol. The Hall–Kier alpha value is -3.65. The summed E-state index contributed by atoms with van der Waals surface area (Å²) in [5.74, 6) is 0.267. The molecule has 0 bridgehead atoms. The molecule has 5 aromatic rings. The molecule has 0 radical (unpaired) electrons. The molecular formula is C29H23Cl2N3O3S. The van der Waals surface area contributed by atoms with Gasteiger partial charge in [-0.15, -0.1) is 11.3 Å². The van der Waals surface area contributed by atoms with E-state index in [-0.39, 0.29) is 17.0 Å². The number of fused-ring (bicyclic) bond motifs is 1. The predicted molar refractivity (Wildman–Crippen MR) is 154 cm³/mol. The highest BCUT2D eigenvalue weighted by atomic mass is 35.5. The van der Waals surface area contributed by atoms with E-state index in [9.17, 15) is 4.79 Å². The molecule has 0 aliphatic heterocycles. The minimum atomic E-state index is -0.387. The van der Waals surface area contributed by atoms with Gasteiger partial charge in [-0.3, -0.25) is 10.1 Å². The Morgan fingerprint density at radius 1 is 1.08 bits per heavy atom. The predicted octanol–water partition coefficient (Wildman–Crippen LogP) is 8.23. The third-order valence-corrected chi connectivity index (χ3v) is 7.72. The summed E-state index contributed by atoms with van der Waals surface area (Å²) >= 11 is 13.7. The van der Waals surface area contributed by atoms with E-state index in [1.807, 2.05) is 50.2 Å². The molecule has 0 aliphatic rings. The molecule has 9 heteroatoms. The van der Waals surface area contributed by atoms with Gasteiger partial charge in [-0.25, -0.2) is 9.98 Å². The Morgan fingerprint density at radius 3 is 2.66 bits per heavy atom. The summed E-state index contributed by atoms with van der Waals surface area (Å²) in [5.41, 5.74) is 4.37. The van der Waals surface area contributed by atoms with E-state index in [2.05, 4.69) is 10.3 Å². The number of carbonyl (C=O) groups is 1. The second-order valence-electron chi connectivity index (χ2n) is 8.55. The number of carbonyl (C=O) groups excluding carboxylic acids is 1. The van der Waals surface area contributed by atoms with Crippen molar-refractivity contribution in [2.75, 3.05) is 12.4 Å². The first-order valence-electron chi connectivity index (χ1n) is 11.8. The quantitative estimate of drug-likeness (QED) is 0.225. The van der Waals surface area contributed by atoms with Crippen molar-refractivity contribution < 1.29 is 13.9 Å². The molecule has 0 saturated heterocycles. The van der Waals surface area contributed by atoms with Crippen LogP contribution in [0.4, 0.5) is 10.8 Å². The van der Waals surface area contributed by atoms with Crippen molar-refractivity contribution in [3.63, 3.8) is 0 Å². The maximum absolute atomic E-state index is 13.6. The summed E-state index contributed by atoms with van der Waals surface area (Å²) in [5, 5.41) is 5.02. The molecule has 0 aliphatic carbocycles. The van der Waals surface area contributed by atoms with E-state index in [0.29, 0.717) is 37.6 Å². The van der Waals surface area contributed by atoms with Crippen LogP contribution >= 0.6 is 34.5 Å². The first-order chi connectivity index (χ1) is 18.3. The topological polar surface area (TPSA) is 76.7 Å². The molecule has 0 spiro atoms. The van der Waals surface area contributed by atoms with Crippen LogP contribution in [-0.2, 0) is 6.42 Å². The maximum atomic E-state index is 13.6. The van der Waals surface area contributed by atoms with Gasteiger partial charge in [0.2, 0.25) is 5.55 Å². The zero-order valence-corrected chi connectivity index (χ0v) is 23.2. The van der Waals surface area contributed by atoms with Gasteiger partial charge in [0.05, 0.1) is 28.5 Å². The molecule has 2 aromatic heterocycles. The average Bonchev–Trinajstić information content (AvgIpc) is 3.32. The first kappa shape index (κ1) is 26.0. The van der Waals surface area contributed by atoms with Gasteiger partial charge in [-0.2, -0.15) is 0 Å². The van der Waals surface area contributed by atoms with Gasteiger partial charge in [0.25, 0.3) is 5.91 Å². The second kappa shape index (κ2) is 11.0. The lowest BCUT2D eigenvalue weighted by Gasteiger charge is -2.07. The van der Waals surface area contributed by atoms with Crippen molar-refractivity contribution in [3.8, 4) is 17.0 Å². The van der Waals surface area contributed by atoms with Crippen LogP contribution in [0.1, 0.15) is 27.7 Å². The third-order valence-electron chi connectivity index (χ3n) is 5.86. The van der Waals surface area contributed by atoms with Crippen LogP contribution in [0.2, 0.25) is 10.0 Å². The van der Waals surface area contributed by atoms with Crippen molar-refractivity contribution in [1.82, 2.24) is 4.98 Å². The number of nitrogens with zero attached hydrogens (tertiary/aromatic N) is 2. The number of benzene rings is 3. The van der Waals surface area contributed by atoms with E-state index in [1.165, 1.54) is 11.3 Å². The molecule has 6 nitrogen and oxygen atoms in total. The van der Waals surface area contributed by atoms with Crippen LogP contribution in [0.15, 0.2) is 76.1 Å². The van der Waals surface area contributed by atoms with Gasteiger partial charge >= 0.3 is 0 Å². The summed E-state index contributed by atoms with van der Waals surface area (Å²) in [6.45, 7) is 4.02. The average molecular weight is 564 g/mol. The van der Waals surface area contributed by atoms with Gasteiger partial charge < -0.3 is 9.15 Å². The molecule has 0 unspecified atom stereocenters. The van der Waals surface area contributed by atoms with E-state index in [1.54, 1.807) is 37.4 Å². The van der Waals surface area contributed by atoms with Gasteiger partial charge in [0, 0.05) is 15.8 Å². The molecule has 1 N–H and O–H groups in total. The van der Waals surface area contributed by atoms with E-state index in [4.69, 9.17) is 37.3 Å². The van der Waals surface area contributed by atoms with Crippen molar-refractivity contribution in [2.24, 2.45) is 4.99 Å². The molecule has 5 rings (SSSR count). The number of thiazole rings is 1. The maximum Gasteiger partial charge on any atom is 0.262 e. The minimum absolute atomic E-state index is 0.197. The van der Waals surface area contributed by atoms with E-state index < -0.39 is 0 Å². The molecule has 38 heavy (non-hydrogen) atoms. The summed E-state index contributed by atoms with van der Waals surface area (Å²) in [4.78, 5) is 24.0. The molecule has 0 atom stereocenters. The Labute approximate surface area is 233 Å². The van der Waals surface area contributed by atoms with E-state index >= 15 is 0 Å². The largest absolute Gasteiger partial charge is 0.497 e. The van der Waals surface area contributed by atoms with Crippen molar-refractivity contribution >= 4 is 62.2 Å². The third kappa shape index (κ3) is 5.45. The number of aromatic nitrogens is 1. The number of rotatable bonds is 6. The number of halogens is 2. The summed E-state index contributed by atoms with van der Waals surface area (Å²) in [6, 6.07) is 20.2. The van der Waals surface area contributed by atoms with E-state index in [0.717, 1.165) is 28.1 Å². The lowest BCUT2D eigenvalue weighted by atomic mass is 10.1. The summed E-state index contributed by atoms with van der Waals surface area (Å²) in [6.07, 6.45) is 0.738. The van der Waals surface area contributed by atoms with Crippen molar-refractivity contribution in [1.29, 1.82) is 0 Å². The number of aryl methyl sites for hydroxylation is 2. The molecule has 3 aromatic carbocycles. The Bertz CT molecular complexity index is 1740. The molecule has 0 fully saturated rings. The standard InChI is InChI=1S/C29H23Cl2N3O3S/c1-4-25-26(17-8-10-22(30)23(31)15-17)33-29(38-25)34-27(35)21-14-18-13-20(36-3)9-11-24(18)37-28(21)32-19-7-5-6-16(2)12-19/h5-15H,4H2,1-3H3,(H,33,34,35). The normalized spacial score (nSPS) is 11.7. The van der Waals surface area contributed by atoms with Crippen LogP contribution < -0.4 is 15.6 Å². The molecule has 0 saturated carbocycles. The number of amides is 1. The smallest absolute Gasteiger partial charge is 0.262 e.